The number of carbonyl (C=O) groups excluding carboxylic acids is 1. The van der Waals surface area contributed by atoms with Crippen molar-refractivity contribution >= 4 is 16.9 Å². The molecule has 2 atom stereocenters. The molecule has 4 heteroatoms. The van der Waals surface area contributed by atoms with Gasteiger partial charge in [0.1, 0.15) is 11.7 Å². The summed E-state index contributed by atoms with van der Waals surface area (Å²) in [5, 5.41) is 0.845. The quantitative estimate of drug-likeness (QED) is 0.447. The van der Waals surface area contributed by atoms with Gasteiger partial charge >= 0.3 is 11.6 Å². The van der Waals surface area contributed by atoms with Gasteiger partial charge in [-0.1, -0.05) is 43.7 Å². The minimum atomic E-state index is -0.414. The second-order valence-electron chi connectivity index (χ2n) is 7.81. The van der Waals surface area contributed by atoms with Gasteiger partial charge in [0.25, 0.3) is 0 Å². The molecule has 1 heterocycles. The first-order chi connectivity index (χ1) is 13.5. The SMILES string of the molecule is Cc1ccc(-c2cc3ccccc3oc2=O)cc1C(=O)O[C@H]1CCC[C@H](C)C1. The number of aryl methyl sites for hydroxylation is 1. The van der Waals surface area contributed by atoms with Crippen molar-refractivity contribution < 1.29 is 13.9 Å². The summed E-state index contributed by atoms with van der Waals surface area (Å²) in [5.74, 6) is 0.268. The molecule has 0 saturated heterocycles. The van der Waals surface area contributed by atoms with E-state index in [0.717, 1.165) is 30.2 Å². The second kappa shape index (κ2) is 7.63. The summed E-state index contributed by atoms with van der Waals surface area (Å²) in [5.41, 5.74) is 2.58. The molecule has 2 aromatic carbocycles. The first-order valence-corrected chi connectivity index (χ1v) is 9.86. The lowest BCUT2D eigenvalue weighted by Gasteiger charge is -2.26. The van der Waals surface area contributed by atoms with Crippen LogP contribution in [-0.2, 0) is 4.74 Å². The number of para-hydroxylation sites is 1. The van der Waals surface area contributed by atoms with Crippen molar-refractivity contribution in [3.63, 3.8) is 0 Å². The molecule has 28 heavy (non-hydrogen) atoms. The Morgan fingerprint density at radius 3 is 2.75 bits per heavy atom. The number of fused-ring (bicyclic) bond motifs is 1. The molecule has 0 aliphatic heterocycles. The fraction of sp³-hybridized carbons (Fsp3) is 0.333. The number of rotatable bonds is 3. The predicted octanol–water partition coefficient (Wildman–Crippen LogP) is 5.50. The van der Waals surface area contributed by atoms with Crippen molar-refractivity contribution in [2.24, 2.45) is 5.92 Å². The van der Waals surface area contributed by atoms with Crippen LogP contribution in [0.25, 0.3) is 22.1 Å². The molecule has 4 nitrogen and oxygen atoms in total. The summed E-state index contributed by atoms with van der Waals surface area (Å²) in [6.45, 7) is 4.08. The highest BCUT2D eigenvalue weighted by Gasteiger charge is 2.24. The van der Waals surface area contributed by atoms with E-state index in [9.17, 15) is 9.59 Å². The maximum Gasteiger partial charge on any atom is 0.344 e. The third kappa shape index (κ3) is 3.72. The normalized spacial score (nSPS) is 19.5. The Balaban J connectivity index is 1.66. The summed E-state index contributed by atoms with van der Waals surface area (Å²) in [4.78, 5) is 25.3. The zero-order valence-corrected chi connectivity index (χ0v) is 16.2. The Labute approximate surface area is 164 Å². The lowest BCUT2D eigenvalue weighted by Crippen LogP contribution is -2.25. The van der Waals surface area contributed by atoms with E-state index in [-0.39, 0.29) is 12.1 Å². The van der Waals surface area contributed by atoms with Crippen molar-refractivity contribution in [1.29, 1.82) is 0 Å². The van der Waals surface area contributed by atoms with Gasteiger partial charge in [-0.25, -0.2) is 9.59 Å². The fourth-order valence-electron chi connectivity index (χ4n) is 3.97. The van der Waals surface area contributed by atoms with Crippen LogP contribution in [0.3, 0.4) is 0 Å². The van der Waals surface area contributed by atoms with E-state index in [0.29, 0.717) is 28.2 Å². The monoisotopic (exact) mass is 376 g/mol. The Hall–Kier alpha value is -2.88. The van der Waals surface area contributed by atoms with Crippen molar-refractivity contribution in [3.8, 4) is 11.1 Å². The highest BCUT2D eigenvalue weighted by Crippen LogP contribution is 2.28. The number of benzene rings is 2. The largest absolute Gasteiger partial charge is 0.459 e. The Bertz CT molecular complexity index is 1080. The van der Waals surface area contributed by atoms with Crippen LogP contribution >= 0.6 is 0 Å². The summed E-state index contributed by atoms with van der Waals surface area (Å²) >= 11 is 0. The molecular formula is C24H24O4. The summed E-state index contributed by atoms with van der Waals surface area (Å²) < 4.78 is 11.2. The minimum Gasteiger partial charge on any atom is -0.459 e. The molecule has 0 radical (unpaired) electrons. The van der Waals surface area contributed by atoms with Crippen LogP contribution in [0.1, 0.15) is 48.5 Å². The first kappa shape index (κ1) is 18.5. The van der Waals surface area contributed by atoms with E-state index in [2.05, 4.69) is 6.92 Å². The van der Waals surface area contributed by atoms with Gasteiger partial charge in [-0.05, 0) is 61.4 Å². The molecule has 1 aromatic heterocycles. The van der Waals surface area contributed by atoms with Crippen molar-refractivity contribution in [3.05, 3.63) is 70.1 Å². The van der Waals surface area contributed by atoms with Crippen LogP contribution in [0.5, 0.6) is 0 Å². The molecular weight excluding hydrogens is 352 g/mol. The summed E-state index contributed by atoms with van der Waals surface area (Å²) in [6, 6.07) is 14.6. The predicted molar refractivity (Wildman–Crippen MR) is 109 cm³/mol. The lowest BCUT2D eigenvalue weighted by molar-refractivity contribution is 0.0154. The van der Waals surface area contributed by atoms with E-state index in [4.69, 9.17) is 9.15 Å². The molecule has 1 aliphatic carbocycles. The summed E-state index contributed by atoms with van der Waals surface area (Å²) in [6.07, 6.45) is 4.10. The van der Waals surface area contributed by atoms with Gasteiger partial charge in [-0.2, -0.15) is 0 Å². The molecule has 0 bridgehead atoms. The van der Waals surface area contributed by atoms with E-state index >= 15 is 0 Å². The van der Waals surface area contributed by atoms with Gasteiger partial charge < -0.3 is 9.15 Å². The molecule has 1 fully saturated rings. The third-order valence-corrected chi connectivity index (χ3v) is 5.57. The number of hydrogen-bond acceptors (Lipinski definition) is 4. The van der Waals surface area contributed by atoms with E-state index in [1.54, 1.807) is 12.1 Å². The number of ether oxygens (including phenoxy) is 1. The minimum absolute atomic E-state index is 0.0231. The van der Waals surface area contributed by atoms with Gasteiger partial charge in [0, 0.05) is 5.39 Å². The lowest BCUT2D eigenvalue weighted by atomic mass is 9.88. The first-order valence-electron chi connectivity index (χ1n) is 9.86. The highest BCUT2D eigenvalue weighted by atomic mass is 16.5. The van der Waals surface area contributed by atoms with Gasteiger partial charge in [0.05, 0.1) is 11.1 Å². The standard InChI is InChI=1S/C24H24O4/c1-15-6-5-8-19(12-15)27-23(25)20-13-17(11-10-16(20)2)21-14-18-7-3-4-9-22(18)28-24(21)26/h3-4,7,9-11,13-15,19H,5-6,8,12H2,1-2H3/t15-,19-/m0/s1. The van der Waals surface area contributed by atoms with E-state index in [1.807, 2.05) is 43.3 Å². The van der Waals surface area contributed by atoms with E-state index in [1.165, 1.54) is 6.42 Å². The zero-order valence-electron chi connectivity index (χ0n) is 16.2. The molecule has 0 N–H and O–H groups in total. The number of carbonyl (C=O) groups is 1. The van der Waals surface area contributed by atoms with Crippen molar-refractivity contribution in [1.82, 2.24) is 0 Å². The maximum absolute atomic E-state index is 12.8. The van der Waals surface area contributed by atoms with Crippen LogP contribution in [0.15, 0.2) is 57.7 Å². The highest BCUT2D eigenvalue weighted by molar-refractivity contribution is 5.93. The van der Waals surface area contributed by atoms with Gasteiger partial charge in [0.15, 0.2) is 0 Å². The van der Waals surface area contributed by atoms with Crippen LogP contribution in [0, 0.1) is 12.8 Å². The molecule has 0 unspecified atom stereocenters. The van der Waals surface area contributed by atoms with Gasteiger partial charge in [0.2, 0.25) is 0 Å². The Kier molecular flexibility index (Phi) is 5.03. The van der Waals surface area contributed by atoms with Crippen molar-refractivity contribution in [2.45, 2.75) is 45.6 Å². The topological polar surface area (TPSA) is 56.5 Å². The number of esters is 1. The van der Waals surface area contributed by atoms with Gasteiger partial charge in [-0.15, -0.1) is 0 Å². The fourth-order valence-corrected chi connectivity index (χ4v) is 3.97. The average Bonchev–Trinajstić information content (AvgIpc) is 2.68. The van der Waals surface area contributed by atoms with Crippen LogP contribution in [-0.4, -0.2) is 12.1 Å². The molecule has 0 spiro atoms. The Morgan fingerprint density at radius 2 is 1.93 bits per heavy atom. The molecule has 3 aromatic rings. The molecule has 1 aliphatic rings. The molecule has 144 valence electrons. The van der Waals surface area contributed by atoms with E-state index < -0.39 is 5.63 Å². The Morgan fingerprint density at radius 1 is 1.11 bits per heavy atom. The zero-order chi connectivity index (χ0) is 19.7. The van der Waals surface area contributed by atoms with Crippen LogP contribution in [0.4, 0.5) is 0 Å². The third-order valence-electron chi connectivity index (χ3n) is 5.57. The molecule has 1 saturated carbocycles. The second-order valence-corrected chi connectivity index (χ2v) is 7.81. The molecule has 0 amide bonds. The van der Waals surface area contributed by atoms with Crippen molar-refractivity contribution in [2.75, 3.05) is 0 Å². The number of hydrogen-bond donors (Lipinski definition) is 0. The smallest absolute Gasteiger partial charge is 0.344 e. The summed E-state index contributed by atoms with van der Waals surface area (Å²) in [7, 11) is 0. The van der Waals surface area contributed by atoms with Crippen LogP contribution < -0.4 is 5.63 Å². The van der Waals surface area contributed by atoms with Gasteiger partial charge in [-0.3, -0.25) is 0 Å². The average molecular weight is 376 g/mol. The molecule has 4 rings (SSSR count). The van der Waals surface area contributed by atoms with Crippen LogP contribution in [0.2, 0.25) is 0 Å². The maximum atomic E-state index is 12.8.